The van der Waals surface area contributed by atoms with Crippen molar-refractivity contribution < 1.29 is 14.7 Å². The lowest BCUT2D eigenvalue weighted by molar-refractivity contribution is -0.114. The van der Waals surface area contributed by atoms with Crippen molar-refractivity contribution in [1.29, 1.82) is 0 Å². The number of anilines is 1. The molecule has 3 aromatic rings. The lowest BCUT2D eigenvalue weighted by atomic mass is 10.0. The third-order valence-corrected chi connectivity index (χ3v) is 4.08. The van der Waals surface area contributed by atoms with Gasteiger partial charge in [0.25, 0.3) is 5.91 Å². The van der Waals surface area contributed by atoms with Crippen molar-refractivity contribution in [2.24, 2.45) is 0 Å². The number of carbonyl (C=O) groups is 2. The molecule has 0 saturated carbocycles. The van der Waals surface area contributed by atoms with Gasteiger partial charge >= 0.3 is 0 Å². The standard InChI is InChI=1S/C21H20N2O3/c1-14(24)23-19-10-8-16(9-11-19)21(26)22-13-20(25)18-7-6-15-4-2-3-5-17(15)12-18/h2-12,20,25H,13H2,1H3,(H,22,26)(H,23,24). The lowest BCUT2D eigenvalue weighted by Gasteiger charge is -2.13. The van der Waals surface area contributed by atoms with Crippen LogP contribution in [0.2, 0.25) is 0 Å². The van der Waals surface area contributed by atoms with Crippen molar-refractivity contribution in [1.82, 2.24) is 5.32 Å². The number of carbonyl (C=O) groups excluding carboxylic acids is 2. The highest BCUT2D eigenvalue weighted by Gasteiger charge is 2.11. The lowest BCUT2D eigenvalue weighted by Crippen LogP contribution is -2.28. The number of amides is 2. The highest BCUT2D eigenvalue weighted by molar-refractivity contribution is 5.95. The van der Waals surface area contributed by atoms with Crippen LogP contribution in [-0.2, 0) is 4.79 Å². The molecular weight excluding hydrogens is 328 g/mol. The minimum Gasteiger partial charge on any atom is -0.387 e. The molecule has 5 heteroatoms. The third-order valence-electron chi connectivity index (χ3n) is 4.08. The maximum atomic E-state index is 12.2. The summed E-state index contributed by atoms with van der Waals surface area (Å²) < 4.78 is 0. The van der Waals surface area contributed by atoms with Gasteiger partial charge in [-0.05, 0) is 46.7 Å². The maximum absolute atomic E-state index is 12.2. The molecule has 0 aliphatic heterocycles. The van der Waals surface area contributed by atoms with Crippen molar-refractivity contribution in [3.05, 3.63) is 77.9 Å². The molecule has 26 heavy (non-hydrogen) atoms. The fourth-order valence-corrected chi connectivity index (χ4v) is 2.73. The van der Waals surface area contributed by atoms with Crippen LogP contribution < -0.4 is 10.6 Å². The number of benzene rings is 3. The minimum absolute atomic E-state index is 0.116. The van der Waals surface area contributed by atoms with Crippen LogP contribution in [0.25, 0.3) is 10.8 Å². The number of hydrogen-bond donors (Lipinski definition) is 3. The SMILES string of the molecule is CC(=O)Nc1ccc(C(=O)NCC(O)c2ccc3ccccc3c2)cc1. The highest BCUT2D eigenvalue weighted by atomic mass is 16.3. The van der Waals surface area contributed by atoms with Crippen LogP contribution in [0.3, 0.4) is 0 Å². The van der Waals surface area contributed by atoms with Crippen molar-refractivity contribution in [2.45, 2.75) is 13.0 Å². The smallest absolute Gasteiger partial charge is 0.251 e. The monoisotopic (exact) mass is 348 g/mol. The predicted molar refractivity (Wildman–Crippen MR) is 102 cm³/mol. The number of hydrogen-bond acceptors (Lipinski definition) is 3. The van der Waals surface area contributed by atoms with Gasteiger partial charge < -0.3 is 15.7 Å². The molecule has 0 aliphatic carbocycles. The van der Waals surface area contributed by atoms with E-state index >= 15 is 0 Å². The van der Waals surface area contributed by atoms with Crippen LogP contribution >= 0.6 is 0 Å². The molecule has 132 valence electrons. The van der Waals surface area contributed by atoms with Gasteiger partial charge in [0.05, 0.1) is 6.10 Å². The molecule has 0 radical (unpaired) electrons. The summed E-state index contributed by atoms with van der Waals surface area (Å²) in [6.45, 7) is 1.54. The summed E-state index contributed by atoms with van der Waals surface area (Å²) >= 11 is 0. The van der Waals surface area contributed by atoms with E-state index in [-0.39, 0.29) is 18.4 Å². The molecule has 1 atom stereocenters. The Morgan fingerprint density at radius 1 is 0.962 bits per heavy atom. The molecule has 0 bridgehead atoms. The first kappa shape index (κ1) is 17.6. The molecule has 0 spiro atoms. The second kappa shape index (κ2) is 7.80. The highest BCUT2D eigenvalue weighted by Crippen LogP contribution is 2.20. The first-order valence-corrected chi connectivity index (χ1v) is 8.35. The van der Waals surface area contributed by atoms with E-state index in [0.29, 0.717) is 11.3 Å². The Kier molecular flexibility index (Phi) is 5.29. The van der Waals surface area contributed by atoms with E-state index in [1.54, 1.807) is 24.3 Å². The third kappa shape index (κ3) is 4.26. The maximum Gasteiger partial charge on any atom is 0.251 e. The van der Waals surface area contributed by atoms with Crippen molar-refractivity contribution >= 4 is 28.3 Å². The van der Waals surface area contributed by atoms with Gasteiger partial charge in [-0.15, -0.1) is 0 Å². The van der Waals surface area contributed by atoms with Crippen LogP contribution in [0.5, 0.6) is 0 Å². The van der Waals surface area contributed by atoms with Gasteiger partial charge in [0.15, 0.2) is 0 Å². The zero-order chi connectivity index (χ0) is 18.5. The van der Waals surface area contributed by atoms with Gasteiger partial charge in [0.1, 0.15) is 0 Å². The molecule has 0 aromatic heterocycles. The average Bonchev–Trinajstić information content (AvgIpc) is 2.65. The zero-order valence-electron chi connectivity index (χ0n) is 14.4. The first-order valence-electron chi connectivity index (χ1n) is 8.35. The summed E-state index contributed by atoms with van der Waals surface area (Å²) in [7, 11) is 0. The van der Waals surface area contributed by atoms with E-state index in [4.69, 9.17) is 0 Å². The molecule has 0 saturated heterocycles. The van der Waals surface area contributed by atoms with E-state index < -0.39 is 6.10 Å². The van der Waals surface area contributed by atoms with Crippen LogP contribution in [-0.4, -0.2) is 23.5 Å². The Labute approximate surface area is 151 Å². The second-order valence-corrected chi connectivity index (χ2v) is 6.09. The molecule has 0 aliphatic rings. The zero-order valence-corrected chi connectivity index (χ0v) is 14.4. The fraction of sp³-hybridized carbons (Fsp3) is 0.143. The van der Waals surface area contributed by atoms with E-state index in [0.717, 1.165) is 16.3 Å². The molecule has 1 unspecified atom stereocenters. The van der Waals surface area contributed by atoms with E-state index in [1.165, 1.54) is 6.92 Å². The molecule has 2 amide bonds. The molecule has 3 aromatic carbocycles. The first-order chi connectivity index (χ1) is 12.5. The van der Waals surface area contributed by atoms with Crippen LogP contribution in [0, 0.1) is 0 Å². The molecule has 5 nitrogen and oxygen atoms in total. The second-order valence-electron chi connectivity index (χ2n) is 6.09. The summed E-state index contributed by atoms with van der Waals surface area (Å²) in [6.07, 6.45) is -0.790. The number of aliphatic hydroxyl groups is 1. The molecular formula is C21H20N2O3. The van der Waals surface area contributed by atoms with E-state index in [1.807, 2.05) is 42.5 Å². The molecule has 0 fully saturated rings. The van der Waals surface area contributed by atoms with Crippen LogP contribution in [0.15, 0.2) is 66.7 Å². The summed E-state index contributed by atoms with van der Waals surface area (Å²) in [5.74, 6) is -0.445. The van der Waals surface area contributed by atoms with Gasteiger partial charge in [0.2, 0.25) is 5.91 Å². The van der Waals surface area contributed by atoms with Crippen LogP contribution in [0.1, 0.15) is 28.9 Å². The summed E-state index contributed by atoms with van der Waals surface area (Å²) in [4.78, 5) is 23.2. The number of rotatable bonds is 5. The molecule has 0 heterocycles. The van der Waals surface area contributed by atoms with Gasteiger partial charge in [-0.1, -0.05) is 36.4 Å². The fourth-order valence-electron chi connectivity index (χ4n) is 2.73. The Bertz CT molecular complexity index is 935. The number of aliphatic hydroxyl groups excluding tert-OH is 1. The van der Waals surface area contributed by atoms with Gasteiger partial charge in [-0.25, -0.2) is 0 Å². The topological polar surface area (TPSA) is 78.4 Å². The van der Waals surface area contributed by atoms with Crippen LogP contribution in [0.4, 0.5) is 5.69 Å². The largest absolute Gasteiger partial charge is 0.387 e. The predicted octanol–water partition coefficient (Wildman–Crippen LogP) is 3.26. The summed E-state index contributed by atoms with van der Waals surface area (Å²) in [6, 6.07) is 20.2. The summed E-state index contributed by atoms with van der Waals surface area (Å²) in [5.41, 5.74) is 1.85. The quantitative estimate of drug-likeness (QED) is 0.662. The van der Waals surface area contributed by atoms with E-state index in [2.05, 4.69) is 10.6 Å². The van der Waals surface area contributed by atoms with Crippen molar-refractivity contribution in [3.63, 3.8) is 0 Å². The van der Waals surface area contributed by atoms with E-state index in [9.17, 15) is 14.7 Å². The Hall–Kier alpha value is -3.18. The normalized spacial score (nSPS) is 11.8. The Morgan fingerprint density at radius 3 is 2.35 bits per heavy atom. The number of nitrogens with one attached hydrogen (secondary N) is 2. The average molecular weight is 348 g/mol. The Morgan fingerprint density at radius 2 is 1.65 bits per heavy atom. The van der Waals surface area contributed by atoms with Gasteiger partial charge in [-0.2, -0.15) is 0 Å². The van der Waals surface area contributed by atoms with Gasteiger partial charge in [0, 0.05) is 24.7 Å². The Balaban J connectivity index is 1.61. The molecule has 3 N–H and O–H groups in total. The summed E-state index contributed by atoms with van der Waals surface area (Å²) in [5, 5.41) is 17.9. The molecule has 3 rings (SSSR count). The van der Waals surface area contributed by atoms with Crippen molar-refractivity contribution in [2.75, 3.05) is 11.9 Å². The van der Waals surface area contributed by atoms with Gasteiger partial charge in [-0.3, -0.25) is 9.59 Å². The van der Waals surface area contributed by atoms with Crippen molar-refractivity contribution in [3.8, 4) is 0 Å². The number of fused-ring (bicyclic) bond motifs is 1. The minimum atomic E-state index is -0.790.